The average Bonchev–Trinajstić information content (AvgIpc) is 3.02. The van der Waals surface area contributed by atoms with Crippen LogP contribution in [0.3, 0.4) is 0 Å². The van der Waals surface area contributed by atoms with E-state index in [9.17, 15) is 9.59 Å². The Balaban J connectivity index is 1.55. The summed E-state index contributed by atoms with van der Waals surface area (Å²) >= 11 is 0.337. The molecule has 0 aromatic rings. The highest BCUT2D eigenvalue weighted by Crippen LogP contribution is 2.14. The molecule has 0 amide bonds. The fourth-order valence-corrected chi connectivity index (χ4v) is 1.66. The summed E-state index contributed by atoms with van der Waals surface area (Å²) in [4.78, 5) is 32.5. The van der Waals surface area contributed by atoms with E-state index in [-0.39, 0.29) is 25.0 Å². The molecule has 0 aromatic carbocycles. The molecule has 0 aliphatic carbocycles. The van der Waals surface area contributed by atoms with Crippen molar-refractivity contribution in [2.75, 3.05) is 0 Å². The van der Waals surface area contributed by atoms with Gasteiger partial charge in [0, 0.05) is 12.4 Å². The molecule has 0 spiro atoms. The molecule has 0 aromatic heterocycles. The lowest BCUT2D eigenvalue weighted by atomic mass is 10.2. The van der Waals surface area contributed by atoms with Crippen LogP contribution in [0.2, 0.25) is 0 Å². The molecular weight excluding hydrogens is 276 g/mol. The van der Waals surface area contributed by atoms with Crippen LogP contribution >= 0.6 is 12.3 Å². The van der Waals surface area contributed by atoms with Gasteiger partial charge in [-0.05, 0) is 12.2 Å². The summed E-state index contributed by atoms with van der Waals surface area (Å²) in [5, 5.41) is 0. The molecule has 0 fully saturated rings. The summed E-state index contributed by atoms with van der Waals surface area (Å²) in [5.74, 6) is -1.09. The summed E-state index contributed by atoms with van der Waals surface area (Å²) in [5.41, 5.74) is 4.97. The standard InChI is InChI=1S/C10H12N2O6S/c13-9(5-7-1-3-11-15-7)17-19-18-10(14)6-8-2-4-12-16-8/h1-4,7-8,11-12H,5-6H2. The van der Waals surface area contributed by atoms with Crippen molar-refractivity contribution >= 4 is 24.3 Å². The predicted octanol–water partition coefficient (Wildman–Crippen LogP) is 0.250. The minimum atomic E-state index is -0.546. The molecule has 0 saturated carbocycles. The maximum Gasteiger partial charge on any atom is 0.323 e. The number of carbonyl (C=O) groups excluding carboxylic acids is 2. The van der Waals surface area contributed by atoms with Crippen molar-refractivity contribution in [3.05, 3.63) is 24.6 Å². The first kappa shape index (κ1) is 13.7. The zero-order chi connectivity index (χ0) is 13.5. The van der Waals surface area contributed by atoms with Crippen molar-refractivity contribution in [2.45, 2.75) is 25.0 Å². The number of hydrogen-bond donors (Lipinski definition) is 2. The summed E-state index contributed by atoms with van der Waals surface area (Å²) in [6.07, 6.45) is 5.84. The molecule has 104 valence electrons. The average molecular weight is 288 g/mol. The minimum absolute atomic E-state index is 0.0342. The van der Waals surface area contributed by atoms with Crippen LogP contribution in [0.5, 0.6) is 0 Å². The molecule has 2 heterocycles. The SMILES string of the molecule is O=C(CC1C=CNO1)OSOC(=O)CC1C=CNO1. The zero-order valence-corrected chi connectivity index (χ0v) is 10.6. The Hall–Kier alpha value is -1.71. The molecule has 2 N–H and O–H groups in total. The highest BCUT2D eigenvalue weighted by atomic mass is 32.2. The zero-order valence-electron chi connectivity index (χ0n) is 9.74. The van der Waals surface area contributed by atoms with Gasteiger partial charge in [0.2, 0.25) is 0 Å². The lowest BCUT2D eigenvalue weighted by Gasteiger charge is -2.07. The second-order valence-corrected chi connectivity index (χ2v) is 4.12. The van der Waals surface area contributed by atoms with Gasteiger partial charge in [0.25, 0.3) is 12.3 Å². The van der Waals surface area contributed by atoms with Crippen LogP contribution in [-0.4, -0.2) is 24.1 Å². The van der Waals surface area contributed by atoms with Gasteiger partial charge in [0.15, 0.2) is 0 Å². The molecule has 0 radical (unpaired) electrons. The molecular formula is C10H12N2O6S. The molecule has 0 saturated heterocycles. The maximum atomic E-state index is 11.3. The Morgan fingerprint density at radius 1 is 1.00 bits per heavy atom. The van der Waals surface area contributed by atoms with Gasteiger partial charge in [-0.25, -0.2) is 0 Å². The second-order valence-electron chi connectivity index (χ2n) is 3.65. The van der Waals surface area contributed by atoms with Crippen molar-refractivity contribution in [2.24, 2.45) is 0 Å². The van der Waals surface area contributed by atoms with E-state index in [0.29, 0.717) is 12.3 Å². The number of rotatable bonds is 6. The van der Waals surface area contributed by atoms with E-state index in [4.69, 9.17) is 9.68 Å². The van der Waals surface area contributed by atoms with Crippen molar-refractivity contribution in [1.82, 2.24) is 11.0 Å². The van der Waals surface area contributed by atoms with Crippen LogP contribution in [0.25, 0.3) is 0 Å². The third-order valence-corrected chi connectivity index (χ3v) is 2.69. The topological polar surface area (TPSA) is 95.1 Å². The van der Waals surface area contributed by atoms with Crippen molar-refractivity contribution in [3.63, 3.8) is 0 Å². The van der Waals surface area contributed by atoms with Crippen LogP contribution < -0.4 is 11.0 Å². The van der Waals surface area contributed by atoms with Crippen LogP contribution in [-0.2, 0) is 27.6 Å². The molecule has 2 atom stereocenters. The first-order valence-electron chi connectivity index (χ1n) is 5.46. The number of nitrogens with one attached hydrogen (secondary N) is 2. The Bertz CT molecular complexity index is 363. The number of hydroxylamine groups is 2. The van der Waals surface area contributed by atoms with Gasteiger partial charge < -0.3 is 8.37 Å². The van der Waals surface area contributed by atoms with Gasteiger partial charge in [-0.15, -0.1) is 0 Å². The summed E-state index contributed by atoms with van der Waals surface area (Å²) in [6, 6.07) is 0. The van der Waals surface area contributed by atoms with Crippen molar-refractivity contribution < 1.29 is 27.6 Å². The molecule has 9 heteroatoms. The molecule has 2 aliphatic rings. The monoisotopic (exact) mass is 288 g/mol. The Morgan fingerprint density at radius 3 is 1.84 bits per heavy atom. The van der Waals surface area contributed by atoms with E-state index in [1.54, 1.807) is 24.6 Å². The quantitative estimate of drug-likeness (QED) is 0.667. The van der Waals surface area contributed by atoms with Crippen LogP contribution in [0.1, 0.15) is 12.8 Å². The highest BCUT2D eigenvalue weighted by Gasteiger charge is 2.19. The molecule has 0 bridgehead atoms. The van der Waals surface area contributed by atoms with Gasteiger partial charge in [0.05, 0.1) is 12.8 Å². The van der Waals surface area contributed by atoms with E-state index in [0.717, 1.165) is 0 Å². The van der Waals surface area contributed by atoms with Crippen molar-refractivity contribution in [1.29, 1.82) is 0 Å². The highest BCUT2D eigenvalue weighted by molar-refractivity contribution is 7.90. The van der Waals surface area contributed by atoms with Gasteiger partial charge in [-0.2, -0.15) is 0 Å². The van der Waals surface area contributed by atoms with Gasteiger partial charge in [-0.3, -0.25) is 30.2 Å². The smallest absolute Gasteiger partial charge is 0.323 e. The third kappa shape index (κ3) is 4.81. The van der Waals surface area contributed by atoms with Gasteiger partial charge >= 0.3 is 11.9 Å². The van der Waals surface area contributed by atoms with Gasteiger partial charge in [0.1, 0.15) is 12.2 Å². The van der Waals surface area contributed by atoms with E-state index in [1.807, 2.05) is 0 Å². The van der Waals surface area contributed by atoms with Crippen LogP contribution in [0.15, 0.2) is 24.6 Å². The fraction of sp³-hybridized carbons (Fsp3) is 0.400. The number of carbonyl (C=O) groups is 2. The van der Waals surface area contributed by atoms with E-state index >= 15 is 0 Å². The van der Waals surface area contributed by atoms with E-state index in [2.05, 4.69) is 19.3 Å². The fourth-order valence-electron chi connectivity index (χ4n) is 1.33. The van der Waals surface area contributed by atoms with Crippen LogP contribution in [0.4, 0.5) is 0 Å². The molecule has 2 unspecified atom stereocenters. The first-order chi connectivity index (χ1) is 9.24. The van der Waals surface area contributed by atoms with Crippen molar-refractivity contribution in [3.8, 4) is 0 Å². The van der Waals surface area contributed by atoms with Crippen LogP contribution in [0, 0.1) is 0 Å². The normalized spacial score (nSPS) is 23.8. The van der Waals surface area contributed by atoms with E-state index < -0.39 is 11.9 Å². The summed E-state index contributed by atoms with van der Waals surface area (Å²) < 4.78 is 9.32. The second kappa shape index (κ2) is 7.02. The summed E-state index contributed by atoms with van der Waals surface area (Å²) in [7, 11) is 0. The van der Waals surface area contributed by atoms with Gasteiger partial charge in [-0.1, -0.05) is 0 Å². The lowest BCUT2D eigenvalue weighted by Crippen LogP contribution is -2.17. The molecule has 19 heavy (non-hydrogen) atoms. The summed E-state index contributed by atoms with van der Waals surface area (Å²) in [6.45, 7) is 0. The third-order valence-electron chi connectivity index (χ3n) is 2.19. The Kier molecular flexibility index (Phi) is 5.07. The van der Waals surface area contributed by atoms with E-state index in [1.165, 1.54) is 0 Å². The molecule has 2 rings (SSSR count). The Labute approximate surface area is 113 Å². The Morgan fingerprint density at radius 2 is 1.47 bits per heavy atom. The molecule has 8 nitrogen and oxygen atoms in total. The maximum absolute atomic E-state index is 11.3. The predicted molar refractivity (Wildman–Crippen MR) is 63.3 cm³/mol. The largest absolute Gasteiger partial charge is 0.354 e. The lowest BCUT2D eigenvalue weighted by molar-refractivity contribution is -0.138. The first-order valence-corrected chi connectivity index (χ1v) is 6.13. The molecule has 2 aliphatic heterocycles. The minimum Gasteiger partial charge on any atom is -0.354 e. The number of hydrogen-bond acceptors (Lipinski definition) is 9.